The summed E-state index contributed by atoms with van der Waals surface area (Å²) in [4.78, 5) is 12.4. The number of sulfonamides is 1. The fourth-order valence-electron chi connectivity index (χ4n) is 2.79. The van der Waals surface area contributed by atoms with E-state index in [9.17, 15) is 13.2 Å². The lowest BCUT2D eigenvalue weighted by molar-refractivity contribution is -0.120. The Labute approximate surface area is 164 Å². The van der Waals surface area contributed by atoms with Crippen molar-refractivity contribution in [2.45, 2.75) is 17.1 Å². The van der Waals surface area contributed by atoms with Crippen molar-refractivity contribution in [2.24, 2.45) is 5.92 Å². The molecule has 26 heavy (non-hydrogen) atoms. The summed E-state index contributed by atoms with van der Waals surface area (Å²) in [5.41, 5.74) is 1.16. The third kappa shape index (κ3) is 4.15. The molecule has 6 nitrogen and oxygen atoms in total. The summed E-state index contributed by atoms with van der Waals surface area (Å²) < 4.78 is 27.8. The Kier molecular flexibility index (Phi) is 5.77. The predicted molar refractivity (Wildman–Crippen MR) is 103 cm³/mol. The first-order valence-corrected chi connectivity index (χ1v) is 11.0. The number of nitrogens with one attached hydrogen (secondary N) is 1. The molecule has 1 amide bonds. The minimum absolute atomic E-state index is 0.120. The molecule has 1 fully saturated rings. The first-order valence-electron chi connectivity index (χ1n) is 7.96. The normalized spacial score (nSPS) is 16.2. The number of hydrogen-bond acceptors (Lipinski definition) is 5. The van der Waals surface area contributed by atoms with Crippen LogP contribution in [0.4, 0.5) is 5.69 Å². The molecule has 0 unspecified atom stereocenters. The first-order chi connectivity index (χ1) is 12.4. The molecule has 1 saturated heterocycles. The SMILES string of the molecule is N#Cc1ccc(NC(=O)C2CCN(S(=O)(=O)c3ccc(Br)s3)CC2)cc1. The molecule has 0 atom stereocenters. The zero-order valence-corrected chi connectivity index (χ0v) is 16.9. The van der Waals surface area contributed by atoms with Crippen molar-refractivity contribution < 1.29 is 13.2 Å². The summed E-state index contributed by atoms with van der Waals surface area (Å²) in [7, 11) is -3.50. The number of hydrogen-bond donors (Lipinski definition) is 1. The number of carbonyl (C=O) groups excluding carboxylic acids is 1. The highest BCUT2D eigenvalue weighted by Crippen LogP contribution is 2.31. The van der Waals surface area contributed by atoms with E-state index in [1.54, 1.807) is 36.4 Å². The van der Waals surface area contributed by atoms with Crippen LogP contribution in [0, 0.1) is 17.2 Å². The molecule has 0 radical (unpaired) electrons. The van der Waals surface area contributed by atoms with E-state index < -0.39 is 10.0 Å². The Balaban J connectivity index is 1.59. The lowest BCUT2D eigenvalue weighted by Gasteiger charge is -2.30. The van der Waals surface area contributed by atoms with Gasteiger partial charge in [0, 0.05) is 24.7 Å². The summed E-state index contributed by atoms with van der Waals surface area (Å²) >= 11 is 4.47. The van der Waals surface area contributed by atoms with Gasteiger partial charge >= 0.3 is 0 Å². The number of anilines is 1. The highest BCUT2D eigenvalue weighted by Gasteiger charge is 2.32. The molecule has 0 bridgehead atoms. The maximum atomic E-state index is 12.6. The molecule has 2 aromatic rings. The average molecular weight is 454 g/mol. The minimum Gasteiger partial charge on any atom is -0.326 e. The summed E-state index contributed by atoms with van der Waals surface area (Å²) in [6.45, 7) is 0.645. The van der Waals surface area contributed by atoms with Gasteiger partial charge in [-0.25, -0.2) is 8.42 Å². The van der Waals surface area contributed by atoms with Crippen LogP contribution in [0.3, 0.4) is 0 Å². The monoisotopic (exact) mass is 453 g/mol. The van der Waals surface area contributed by atoms with E-state index in [1.165, 1.54) is 15.6 Å². The predicted octanol–water partition coefficient (Wildman–Crippen LogP) is 3.42. The van der Waals surface area contributed by atoms with Crippen LogP contribution in [-0.2, 0) is 14.8 Å². The van der Waals surface area contributed by atoms with Crippen LogP contribution in [0.15, 0.2) is 44.4 Å². The molecule has 0 spiro atoms. The van der Waals surface area contributed by atoms with Crippen molar-refractivity contribution in [1.29, 1.82) is 5.26 Å². The van der Waals surface area contributed by atoms with E-state index in [2.05, 4.69) is 21.2 Å². The number of benzene rings is 1. The molecular weight excluding hydrogens is 438 g/mol. The zero-order chi connectivity index (χ0) is 18.7. The molecule has 136 valence electrons. The van der Waals surface area contributed by atoms with Crippen molar-refractivity contribution in [3.05, 3.63) is 45.7 Å². The largest absolute Gasteiger partial charge is 0.326 e. The molecule has 1 N–H and O–H groups in total. The van der Waals surface area contributed by atoms with Gasteiger partial charge in [0.15, 0.2) is 0 Å². The van der Waals surface area contributed by atoms with E-state index in [1.807, 2.05) is 6.07 Å². The van der Waals surface area contributed by atoms with Gasteiger partial charge in [-0.2, -0.15) is 9.57 Å². The molecule has 0 aliphatic carbocycles. The van der Waals surface area contributed by atoms with Crippen molar-refractivity contribution in [1.82, 2.24) is 4.31 Å². The van der Waals surface area contributed by atoms with Gasteiger partial charge in [0.05, 0.1) is 15.4 Å². The van der Waals surface area contributed by atoms with Gasteiger partial charge in [0.2, 0.25) is 5.91 Å². The average Bonchev–Trinajstić information content (AvgIpc) is 3.10. The maximum absolute atomic E-state index is 12.6. The maximum Gasteiger partial charge on any atom is 0.252 e. The highest BCUT2D eigenvalue weighted by atomic mass is 79.9. The van der Waals surface area contributed by atoms with E-state index >= 15 is 0 Å². The highest BCUT2D eigenvalue weighted by molar-refractivity contribution is 9.11. The molecule has 1 aliphatic rings. The summed E-state index contributed by atoms with van der Waals surface area (Å²) in [6, 6.07) is 12.0. The van der Waals surface area contributed by atoms with Gasteiger partial charge in [0.25, 0.3) is 10.0 Å². The Morgan fingerprint density at radius 3 is 2.38 bits per heavy atom. The number of rotatable bonds is 4. The van der Waals surface area contributed by atoms with Crippen molar-refractivity contribution >= 4 is 48.9 Å². The van der Waals surface area contributed by atoms with Crippen molar-refractivity contribution in [3.63, 3.8) is 0 Å². The smallest absolute Gasteiger partial charge is 0.252 e. The second-order valence-corrected chi connectivity index (χ2v) is 10.5. The van der Waals surface area contributed by atoms with Crippen LogP contribution in [-0.4, -0.2) is 31.7 Å². The molecular formula is C17H16BrN3O3S2. The lowest BCUT2D eigenvalue weighted by Crippen LogP contribution is -2.41. The second kappa shape index (κ2) is 7.88. The van der Waals surface area contributed by atoms with Crippen molar-refractivity contribution in [2.75, 3.05) is 18.4 Å². The fourth-order valence-corrected chi connectivity index (χ4v) is 6.43. The van der Waals surface area contributed by atoms with Gasteiger partial charge in [-0.15, -0.1) is 11.3 Å². The van der Waals surface area contributed by atoms with Gasteiger partial charge in [0.1, 0.15) is 4.21 Å². The Hall–Kier alpha value is -1.73. The standard InChI is InChI=1S/C17H16BrN3O3S2/c18-15-5-6-16(25-15)26(23,24)21-9-7-13(8-10-21)17(22)20-14-3-1-12(11-19)2-4-14/h1-6,13H,7-10H2,(H,20,22). The molecule has 3 rings (SSSR count). The zero-order valence-electron chi connectivity index (χ0n) is 13.7. The number of halogens is 1. The van der Waals surface area contributed by atoms with Crippen LogP contribution in [0.25, 0.3) is 0 Å². The van der Waals surface area contributed by atoms with Crippen LogP contribution in [0.1, 0.15) is 18.4 Å². The molecule has 9 heteroatoms. The minimum atomic E-state index is -3.50. The first kappa shape index (κ1) is 19.0. The molecule has 1 aliphatic heterocycles. The number of amides is 1. The summed E-state index contributed by atoms with van der Waals surface area (Å²) in [6.07, 6.45) is 0.960. The number of nitrogens with zero attached hydrogens (tertiary/aromatic N) is 2. The number of carbonyl (C=O) groups is 1. The van der Waals surface area contributed by atoms with Crippen LogP contribution in [0.5, 0.6) is 0 Å². The van der Waals surface area contributed by atoms with Gasteiger partial charge in [-0.05, 0) is 65.2 Å². The van der Waals surface area contributed by atoms with E-state index in [0.717, 1.165) is 3.79 Å². The number of thiophene rings is 1. The topological polar surface area (TPSA) is 90.3 Å². The van der Waals surface area contributed by atoms with Crippen LogP contribution >= 0.6 is 27.3 Å². The third-order valence-electron chi connectivity index (χ3n) is 4.25. The van der Waals surface area contributed by atoms with Gasteiger partial charge in [-0.1, -0.05) is 0 Å². The van der Waals surface area contributed by atoms with Crippen LogP contribution in [0.2, 0.25) is 0 Å². The Morgan fingerprint density at radius 1 is 1.19 bits per heavy atom. The van der Waals surface area contributed by atoms with Gasteiger partial charge < -0.3 is 5.32 Å². The van der Waals surface area contributed by atoms with Crippen molar-refractivity contribution in [3.8, 4) is 6.07 Å². The van der Waals surface area contributed by atoms with E-state index in [-0.39, 0.29) is 11.8 Å². The second-order valence-electron chi connectivity index (χ2n) is 5.92. The Morgan fingerprint density at radius 2 is 1.85 bits per heavy atom. The van der Waals surface area contributed by atoms with Crippen LogP contribution < -0.4 is 5.32 Å². The quantitative estimate of drug-likeness (QED) is 0.767. The molecule has 1 aromatic carbocycles. The van der Waals surface area contributed by atoms with E-state index in [4.69, 9.17) is 5.26 Å². The summed E-state index contributed by atoms with van der Waals surface area (Å²) in [5.74, 6) is -0.349. The Bertz CT molecular complexity index is 940. The lowest BCUT2D eigenvalue weighted by atomic mass is 9.97. The van der Waals surface area contributed by atoms with Gasteiger partial charge in [-0.3, -0.25) is 4.79 Å². The number of piperidine rings is 1. The molecule has 0 saturated carbocycles. The van der Waals surface area contributed by atoms with E-state index in [0.29, 0.717) is 41.4 Å². The third-order valence-corrected chi connectivity index (χ3v) is 8.24. The number of nitriles is 1. The fraction of sp³-hybridized carbons (Fsp3) is 0.294. The summed E-state index contributed by atoms with van der Waals surface area (Å²) in [5, 5.41) is 11.6. The molecule has 1 aromatic heterocycles. The molecule has 2 heterocycles.